The average Bonchev–Trinajstić information content (AvgIpc) is 3.65. The van der Waals surface area contributed by atoms with Crippen LogP contribution in [0.15, 0.2) is 84.9 Å². The molecule has 0 spiro atoms. The van der Waals surface area contributed by atoms with Crippen LogP contribution in [0.4, 0.5) is 0 Å². The second-order valence-corrected chi connectivity index (χ2v) is 8.52. The lowest BCUT2D eigenvalue weighted by Gasteiger charge is -2.19. The van der Waals surface area contributed by atoms with E-state index in [0.717, 1.165) is 25.9 Å². The molecule has 4 rings (SSSR count). The molecule has 2 atom stereocenters. The topological polar surface area (TPSA) is 20.3 Å². The first kappa shape index (κ1) is 22.1. The maximum Gasteiger partial charge on any atom is 0.226 e. The third-order valence-electron chi connectivity index (χ3n) is 6.65. The van der Waals surface area contributed by atoms with E-state index in [-0.39, 0.29) is 5.92 Å². The van der Waals surface area contributed by atoms with Crippen LogP contribution >= 0.6 is 0 Å². The Morgan fingerprint density at radius 3 is 1.81 bits per heavy atom. The fourth-order valence-electron chi connectivity index (χ4n) is 4.79. The highest BCUT2D eigenvalue weighted by Gasteiger charge is 2.45. The summed E-state index contributed by atoms with van der Waals surface area (Å²) in [5.41, 5.74) is 7.66. The lowest BCUT2D eigenvalue weighted by Crippen LogP contribution is -2.32. The Morgan fingerprint density at radius 1 is 0.750 bits per heavy atom. The number of nitrogens with zero attached hydrogens (tertiary/aromatic N) is 1. The zero-order valence-electron chi connectivity index (χ0n) is 19.4. The highest BCUT2D eigenvalue weighted by atomic mass is 16.2. The zero-order chi connectivity index (χ0) is 22.5. The molecule has 1 amide bonds. The molecule has 1 saturated carbocycles. The van der Waals surface area contributed by atoms with Crippen LogP contribution in [0, 0.1) is 5.92 Å². The summed E-state index contributed by atoms with van der Waals surface area (Å²) in [5, 5.41) is 0. The van der Waals surface area contributed by atoms with Crippen molar-refractivity contribution in [1.29, 1.82) is 0 Å². The van der Waals surface area contributed by atoms with Crippen molar-refractivity contribution in [1.82, 2.24) is 4.90 Å². The Balaban J connectivity index is 1.67. The van der Waals surface area contributed by atoms with Gasteiger partial charge >= 0.3 is 0 Å². The van der Waals surface area contributed by atoms with Crippen molar-refractivity contribution < 1.29 is 4.79 Å². The summed E-state index contributed by atoms with van der Waals surface area (Å²) in [6.45, 7) is 7.93. The molecule has 2 nitrogen and oxygen atoms in total. The lowest BCUT2D eigenvalue weighted by atomic mass is 9.87. The van der Waals surface area contributed by atoms with Gasteiger partial charge in [-0.05, 0) is 66.0 Å². The van der Waals surface area contributed by atoms with Crippen molar-refractivity contribution in [2.75, 3.05) is 13.1 Å². The Labute approximate surface area is 192 Å². The number of carbonyl (C=O) groups is 1. The number of benzene rings is 3. The Kier molecular flexibility index (Phi) is 6.90. The average molecular weight is 424 g/mol. The summed E-state index contributed by atoms with van der Waals surface area (Å²) < 4.78 is 0. The van der Waals surface area contributed by atoms with Gasteiger partial charge in [0.05, 0.1) is 0 Å². The molecule has 0 bridgehead atoms. The molecule has 2 unspecified atom stereocenters. The van der Waals surface area contributed by atoms with Crippen molar-refractivity contribution in [2.24, 2.45) is 5.92 Å². The molecule has 2 heteroatoms. The molecule has 1 aliphatic rings. The van der Waals surface area contributed by atoms with E-state index in [0.29, 0.717) is 11.8 Å². The quantitative estimate of drug-likeness (QED) is 0.356. The molecule has 0 N–H and O–H groups in total. The highest BCUT2D eigenvalue weighted by molar-refractivity contribution is 5.98. The molecule has 0 aliphatic heterocycles. The number of amides is 1. The van der Waals surface area contributed by atoms with E-state index in [1.165, 1.54) is 33.4 Å². The van der Waals surface area contributed by atoms with Gasteiger partial charge in [0.1, 0.15) is 0 Å². The van der Waals surface area contributed by atoms with Gasteiger partial charge in [0.2, 0.25) is 5.91 Å². The van der Waals surface area contributed by atoms with Crippen LogP contribution in [0.25, 0.3) is 11.1 Å². The summed E-state index contributed by atoms with van der Waals surface area (Å²) in [7, 11) is 0. The first-order valence-corrected chi connectivity index (χ1v) is 11.9. The van der Waals surface area contributed by atoms with Crippen LogP contribution in [0.1, 0.15) is 61.8 Å². The van der Waals surface area contributed by atoms with E-state index in [9.17, 15) is 4.79 Å². The standard InChI is InChI=1S/C30H33NO/c1-4-26(22-13-9-7-10-14-22)29(24-15-11-8-12-16-24)25-19-17-23(18-20-25)27-21-28(27)30(32)31(5-2)6-3/h7-20,27-28H,4-6,21H2,1-3H3/b29-26-. The molecule has 3 aromatic rings. The first-order chi connectivity index (χ1) is 15.7. The van der Waals surface area contributed by atoms with Gasteiger partial charge in [0.15, 0.2) is 0 Å². The van der Waals surface area contributed by atoms with E-state index < -0.39 is 0 Å². The molecule has 0 saturated heterocycles. The number of carbonyl (C=O) groups excluding carboxylic acids is 1. The Bertz CT molecular complexity index is 1060. The van der Waals surface area contributed by atoms with Crippen LogP contribution in [0.3, 0.4) is 0 Å². The molecule has 1 aliphatic carbocycles. The molecular formula is C30H33NO. The molecule has 164 valence electrons. The van der Waals surface area contributed by atoms with E-state index >= 15 is 0 Å². The minimum absolute atomic E-state index is 0.153. The monoisotopic (exact) mass is 423 g/mol. The fourth-order valence-corrected chi connectivity index (χ4v) is 4.79. The second kappa shape index (κ2) is 9.99. The van der Waals surface area contributed by atoms with Gasteiger partial charge in [-0.3, -0.25) is 4.79 Å². The summed E-state index contributed by atoms with van der Waals surface area (Å²) in [6, 6.07) is 30.3. The van der Waals surface area contributed by atoms with Crippen LogP contribution in [-0.2, 0) is 4.79 Å². The molecule has 3 aromatic carbocycles. The van der Waals surface area contributed by atoms with Crippen LogP contribution < -0.4 is 0 Å². The number of hydrogen-bond donors (Lipinski definition) is 0. The number of allylic oxidation sites excluding steroid dienone is 1. The Morgan fingerprint density at radius 2 is 1.28 bits per heavy atom. The predicted octanol–water partition coefficient (Wildman–Crippen LogP) is 7.03. The third-order valence-corrected chi connectivity index (χ3v) is 6.65. The van der Waals surface area contributed by atoms with Gasteiger partial charge in [-0.25, -0.2) is 0 Å². The summed E-state index contributed by atoms with van der Waals surface area (Å²) in [6.07, 6.45) is 1.93. The minimum atomic E-state index is 0.153. The maximum atomic E-state index is 12.7. The largest absolute Gasteiger partial charge is 0.343 e. The summed E-state index contributed by atoms with van der Waals surface area (Å²) >= 11 is 0. The fraction of sp³-hybridized carbons (Fsp3) is 0.300. The lowest BCUT2D eigenvalue weighted by molar-refractivity contribution is -0.132. The maximum absolute atomic E-state index is 12.7. The van der Waals surface area contributed by atoms with Crippen molar-refractivity contribution >= 4 is 17.1 Å². The molecule has 0 heterocycles. The van der Waals surface area contributed by atoms with E-state index in [4.69, 9.17) is 0 Å². The van der Waals surface area contributed by atoms with Gasteiger partial charge in [-0.1, -0.05) is 91.9 Å². The molecule has 0 radical (unpaired) electrons. The molecule has 32 heavy (non-hydrogen) atoms. The van der Waals surface area contributed by atoms with Crippen LogP contribution in [0.5, 0.6) is 0 Å². The van der Waals surface area contributed by atoms with Gasteiger partial charge < -0.3 is 4.90 Å². The van der Waals surface area contributed by atoms with Crippen molar-refractivity contribution in [3.63, 3.8) is 0 Å². The number of hydrogen-bond acceptors (Lipinski definition) is 1. The van der Waals surface area contributed by atoms with Gasteiger partial charge in [-0.15, -0.1) is 0 Å². The van der Waals surface area contributed by atoms with E-state index in [1.807, 2.05) is 4.90 Å². The minimum Gasteiger partial charge on any atom is -0.343 e. The smallest absolute Gasteiger partial charge is 0.226 e. The Hall–Kier alpha value is -3.13. The third kappa shape index (κ3) is 4.55. The number of rotatable bonds is 8. The SMILES string of the molecule is CC/C(=C(\c1ccccc1)c1ccc(C2CC2C(=O)N(CC)CC)cc1)c1ccccc1. The van der Waals surface area contributed by atoms with Gasteiger partial charge in [0, 0.05) is 19.0 Å². The first-order valence-electron chi connectivity index (χ1n) is 11.9. The van der Waals surface area contributed by atoms with E-state index in [2.05, 4.69) is 106 Å². The van der Waals surface area contributed by atoms with Gasteiger partial charge in [0.25, 0.3) is 0 Å². The van der Waals surface area contributed by atoms with E-state index in [1.54, 1.807) is 0 Å². The highest BCUT2D eigenvalue weighted by Crippen LogP contribution is 2.48. The van der Waals surface area contributed by atoms with Crippen LogP contribution in [0.2, 0.25) is 0 Å². The van der Waals surface area contributed by atoms with Crippen molar-refractivity contribution in [3.8, 4) is 0 Å². The normalized spacial score (nSPS) is 18.1. The van der Waals surface area contributed by atoms with Crippen molar-refractivity contribution in [3.05, 3.63) is 107 Å². The predicted molar refractivity (Wildman–Crippen MR) is 134 cm³/mol. The van der Waals surface area contributed by atoms with Gasteiger partial charge in [-0.2, -0.15) is 0 Å². The molecule has 0 aromatic heterocycles. The molecular weight excluding hydrogens is 390 g/mol. The van der Waals surface area contributed by atoms with Crippen LogP contribution in [-0.4, -0.2) is 23.9 Å². The second-order valence-electron chi connectivity index (χ2n) is 8.52. The summed E-state index contributed by atoms with van der Waals surface area (Å²) in [5.74, 6) is 0.827. The zero-order valence-corrected chi connectivity index (χ0v) is 19.4. The summed E-state index contributed by atoms with van der Waals surface area (Å²) in [4.78, 5) is 14.7. The van der Waals surface area contributed by atoms with Crippen molar-refractivity contribution in [2.45, 2.75) is 39.5 Å². The molecule has 1 fully saturated rings.